The minimum atomic E-state index is -5.73. The van der Waals surface area contributed by atoms with E-state index < -0.39 is 46.5 Å². The maximum absolute atomic E-state index is 13.4. The number of hydrogen-bond donors (Lipinski definition) is 0. The van der Waals surface area contributed by atoms with E-state index in [1.165, 1.54) is 6.08 Å². The minimum Gasteiger partial charge on any atom is -0.466 e. The topological polar surface area (TPSA) is 90.0 Å². The Hall–Kier alpha value is -2.40. The number of unbranched alkanes of at least 4 members (excludes halogenated alkanes) is 2. The molecule has 0 N–H and O–H groups in total. The highest BCUT2D eigenvalue weighted by Gasteiger charge is 2.54. The number of fused-ring (bicyclic) bond motifs is 1. The average molecular weight is 506 g/mol. The third kappa shape index (κ3) is 6.82. The van der Waals surface area contributed by atoms with Gasteiger partial charge in [0.05, 0.1) is 25.7 Å². The summed E-state index contributed by atoms with van der Waals surface area (Å²) in [6, 6.07) is 1.82. The summed E-state index contributed by atoms with van der Waals surface area (Å²) < 4.78 is 75.4. The van der Waals surface area contributed by atoms with Gasteiger partial charge in [-0.1, -0.05) is 44.4 Å². The van der Waals surface area contributed by atoms with E-state index in [4.69, 9.17) is 9.47 Å². The summed E-state index contributed by atoms with van der Waals surface area (Å²) in [6.45, 7) is 5.27. The number of hydrogen-bond acceptors (Lipinski definition) is 6. The Labute approximate surface area is 198 Å². The van der Waals surface area contributed by atoms with Crippen molar-refractivity contribution in [1.82, 2.24) is 4.31 Å². The minimum absolute atomic E-state index is 0.100. The summed E-state index contributed by atoms with van der Waals surface area (Å²) in [5.74, 6) is -1.40. The van der Waals surface area contributed by atoms with Gasteiger partial charge in [0, 0.05) is 12.6 Å². The Balaban J connectivity index is 2.42. The number of carbonyl (C=O) groups is 2. The Morgan fingerprint density at radius 2 is 1.74 bits per heavy atom. The zero-order valence-electron chi connectivity index (χ0n) is 19.5. The van der Waals surface area contributed by atoms with Crippen molar-refractivity contribution in [3.05, 3.63) is 40.5 Å². The predicted octanol–water partition coefficient (Wildman–Crippen LogP) is 4.79. The van der Waals surface area contributed by atoms with Crippen LogP contribution in [0.3, 0.4) is 0 Å². The van der Waals surface area contributed by atoms with E-state index in [1.54, 1.807) is 19.1 Å². The second-order valence-electron chi connectivity index (χ2n) is 8.07. The second kappa shape index (κ2) is 11.8. The van der Waals surface area contributed by atoms with Gasteiger partial charge < -0.3 is 9.47 Å². The number of sulfonamides is 1. The zero-order chi connectivity index (χ0) is 25.5. The van der Waals surface area contributed by atoms with Gasteiger partial charge in [0.2, 0.25) is 0 Å². The van der Waals surface area contributed by atoms with Crippen molar-refractivity contribution >= 4 is 28.0 Å². The lowest BCUT2D eigenvalue weighted by Crippen LogP contribution is -2.40. The quantitative estimate of drug-likeness (QED) is 0.244. The fraction of sp³-hybridized carbons (Fsp3) is 0.565. The fourth-order valence-corrected chi connectivity index (χ4v) is 4.68. The Morgan fingerprint density at radius 3 is 2.32 bits per heavy atom. The summed E-state index contributed by atoms with van der Waals surface area (Å²) in [7, 11) is -5.73. The molecule has 0 amide bonds. The highest BCUT2D eigenvalue weighted by atomic mass is 32.2. The van der Waals surface area contributed by atoms with E-state index in [0.717, 1.165) is 18.9 Å². The Kier molecular flexibility index (Phi) is 9.69. The maximum atomic E-state index is 13.4. The molecule has 190 valence electrons. The number of rotatable bonds is 11. The summed E-state index contributed by atoms with van der Waals surface area (Å²) in [5.41, 5.74) is -3.95. The Bertz CT molecular complexity index is 1020. The van der Waals surface area contributed by atoms with Crippen molar-refractivity contribution in [3.63, 3.8) is 0 Å². The highest BCUT2D eigenvalue weighted by Crippen LogP contribution is 2.44. The predicted molar refractivity (Wildman–Crippen MR) is 120 cm³/mol. The first kappa shape index (κ1) is 27.8. The van der Waals surface area contributed by atoms with Crippen LogP contribution in [-0.4, -0.2) is 43.4 Å². The van der Waals surface area contributed by atoms with Crippen molar-refractivity contribution in [2.24, 2.45) is 0 Å². The number of halogens is 3. The maximum Gasteiger partial charge on any atom is 0.511 e. The molecule has 0 spiro atoms. The van der Waals surface area contributed by atoms with Crippen LogP contribution in [0.2, 0.25) is 0 Å². The van der Waals surface area contributed by atoms with Gasteiger partial charge in [0.1, 0.15) is 0 Å². The average Bonchev–Trinajstić information content (AvgIpc) is 3.10. The van der Waals surface area contributed by atoms with Gasteiger partial charge in [-0.05, 0) is 42.5 Å². The summed E-state index contributed by atoms with van der Waals surface area (Å²) in [4.78, 5) is 24.3. The van der Waals surface area contributed by atoms with Crippen LogP contribution in [0.5, 0.6) is 0 Å². The molecule has 2 rings (SSSR count). The van der Waals surface area contributed by atoms with Gasteiger partial charge in [-0.2, -0.15) is 17.5 Å². The largest absolute Gasteiger partial charge is 0.511 e. The van der Waals surface area contributed by atoms with E-state index in [2.05, 4.69) is 0 Å². The summed E-state index contributed by atoms with van der Waals surface area (Å²) in [6.07, 6.45) is 4.86. The molecule has 1 aliphatic heterocycles. The molecular weight excluding hydrogens is 475 g/mol. The molecule has 1 unspecified atom stereocenters. The molecule has 1 heterocycles. The number of alkyl halides is 3. The van der Waals surface area contributed by atoms with E-state index >= 15 is 0 Å². The van der Waals surface area contributed by atoms with Crippen LogP contribution in [-0.2, 0) is 35.6 Å². The van der Waals surface area contributed by atoms with Crippen LogP contribution in [0.25, 0.3) is 6.08 Å². The normalized spacial score (nSPS) is 16.6. The second-order valence-corrected chi connectivity index (χ2v) is 9.95. The lowest BCUT2D eigenvalue weighted by molar-refractivity contribution is -0.145. The van der Waals surface area contributed by atoms with Crippen molar-refractivity contribution in [3.8, 4) is 0 Å². The van der Waals surface area contributed by atoms with Crippen LogP contribution in [0.4, 0.5) is 13.2 Å². The molecule has 34 heavy (non-hydrogen) atoms. The molecule has 1 aliphatic rings. The smallest absolute Gasteiger partial charge is 0.466 e. The molecule has 0 fully saturated rings. The first-order chi connectivity index (χ1) is 15.9. The molecular formula is C23H30F3NO6S. The number of ether oxygens (including phenoxy) is 2. The molecule has 1 atom stereocenters. The van der Waals surface area contributed by atoms with Crippen molar-refractivity contribution < 1.29 is 40.7 Å². The molecule has 1 aromatic carbocycles. The third-order valence-corrected chi connectivity index (χ3v) is 6.93. The highest BCUT2D eigenvalue weighted by molar-refractivity contribution is 7.90. The molecule has 0 saturated carbocycles. The first-order valence-electron chi connectivity index (χ1n) is 11.1. The van der Waals surface area contributed by atoms with E-state index in [0.29, 0.717) is 29.5 Å². The third-order valence-electron chi connectivity index (χ3n) is 5.35. The van der Waals surface area contributed by atoms with Crippen molar-refractivity contribution in [2.45, 2.75) is 71.0 Å². The van der Waals surface area contributed by atoms with Crippen LogP contribution < -0.4 is 0 Å². The molecule has 0 radical (unpaired) electrons. The molecule has 7 nitrogen and oxygen atoms in total. The number of benzene rings is 1. The van der Waals surface area contributed by atoms with Gasteiger partial charge in [-0.25, -0.2) is 13.2 Å². The Morgan fingerprint density at radius 1 is 1.12 bits per heavy atom. The zero-order valence-corrected chi connectivity index (χ0v) is 20.3. The fourth-order valence-electron chi connectivity index (χ4n) is 3.59. The van der Waals surface area contributed by atoms with Crippen LogP contribution >= 0.6 is 0 Å². The molecule has 11 heteroatoms. The summed E-state index contributed by atoms with van der Waals surface area (Å²) in [5, 5.41) is 0. The van der Waals surface area contributed by atoms with Gasteiger partial charge in [-0.3, -0.25) is 4.79 Å². The number of nitrogens with zero attached hydrogens (tertiary/aromatic N) is 1. The molecule has 0 saturated heterocycles. The standard InChI is InChI=1S/C23H30F3NO6S/c1-4-6-10-32-21(28)9-8-17-12-16(3)13-18-19(17)15-27(34(30,31)23(24,25)26)20(18)14-22(29)33-11-7-5-2/h8-9,12-13,20H,4-7,10-11,14-15H2,1-3H3/b9-8+. The number of carbonyl (C=O) groups excluding carboxylic acids is 2. The van der Waals surface area contributed by atoms with Gasteiger partial charge in [0.25, 0.3) is 0 Å². The molecule has 0 bridgehead atoms. The molecule has 1 aromatic rings. The monoisotopic (exact) mass is 505 g/mol. The van der Waals surface area contributed by atoms with Crippen molar-refractivity contribution in [1.29, 1.82) is 0 Å². The van der Waals surface area contributed by atoms with Gasteiger partial charge in [-0.15, -0.1) is 0 Å². The first-order valence-corrected chi connectivity index (χ1v) is 12.6. The van der Waals surface area contributed by atoms with Crippen LogP contribution in [0.1, 0.15) is 74.2 Å². The van der Waals surface area contributed by atoms with E-state index in [9.17, 15) is 31.2 Å². The van der Waals surface area contributed by atoms with E-state index in [-0.39, 0.29) is 23.1 Å². The van der Waals surface area contributed by atoms with Crippen LogP contribution in [0, 0.1) is 6.92 Å². The van der Waals surface area contributed by atoms with E-state index in [1.807, 2.05) is 13.8 Å². The number of aryl methyl sites for hydroxylation is 1. The lowest BCUT2D eigenvalue weighted by Gasteiger charge is -2.25. The van der Waals surface area contributed by atoms with Crippen LogP contribution in [0.15, 0.2) is 18.2 Å². The lowest BCUT2D eigenvalue weighted by atomic mass is 9.95. The van der Waals surface area contributed by atoms with Gasteiger partial charge >= 0.3 is 27.5 Å². The molecule has 0 aromatic heterocycles. The SMILES string of the molecule is CCCCOC(=O)/C=C/c1cc(C)cc2c1CN(S(=O)(=O)C(F)(F)F)C2CC(=O)OCCCC. The number of esters is 2. The molecule has 0 aliphatic carbocycles. The summed E-state index contributed by atoms with van der Waals surface area (Å²) >= 11 is 0. The van der Waals surface area contributed by atoms with Gasteiger partial charge in [0.15, 0.2) is 0 Å². The van der Waals surface area contributed by atoms with Crippen molar-refractivity contribution in [2.75, 3.05) is 13.2 Å².